The lowest BCUT2D eigenvalue weighted by Gasteiger charge is -2.38. The minimum atomic E-state index is -0.660. The molecule has 1 aromatic heterocycles. The number of amides is 2. The van der Waals surface area contributed by atoms with Crippen molar-refractivity contribution in [3.8, 4) is 17.5 Å². The summed E-state index contributed by atoms with van der Waals surface area (Å²) >= 11 is 0. The number of fused-ring (bicyclic) bond motifs is 2. The number of tetrazole rings is 1. The summed E-state index contributed by atoms with van der Waals surface area (Å²) < 4.78 is 5.53. The van der Waals surface area contributed by atoms with Gasteiger partial charge in [0.25, 0.3) is 0 Å². The first-order valence-electron chi connectivity index (χ1n) is 13.3. The molecule has 39 heavy (non-hydrogen) atoms. The Morgan fingerprint density at radius 2 is 2.13 bits per heavy atom. The van der Waals surface area contributed by atoms with Crippen molar-refractivity contribution in [3.05, 3.63) is 36.5 Å². The van der Waals surface area contributed by atoms with E-state index in [0.29, 0.717) is 43.5 Å². The second kappa shape index (κ2) is 10.3. The smallest absolute Gasteiger partial charge is 0.408 e. The quantitative estimate of drug-likeness (QED) is 0.548. The Bertz CT molecular complexity index is 1280. The number of anilines is 1. The highest BCUT2D eigenvalue weighted by atomic mass is 16.6. The molecule has 4 heterocycles. The molecule has 0 aliphatic carbocycles. The van der Waals surface area contributed by atoms with Crippen LogP contribution in [-0.4, -0.2) is 91.8 Å². The summed E-state index contributed by atoms with van der Waals surface area (Å²) in [5, 5.41) is 26.9. The third-order valence-electron chi connectivity index (χ3n) is 7.54. The lowest BCUT2D eigenvalue weighted by molar-refractivity contribution is -0.122. The number of hydrogen-bond acceptors (Lipinski definition) is 9. The van der Waals surface area contributed by atoms with Gasteiger partial charge in [0.15, 0.2) is 0 Å². The lowest BCUT2D eigenvalue weighted by atomic mass is 10.1. The highest BCUT2D eigenvalue weighted by Gasteiger charge is 2.51. The zero-order valence-electron chi connectivity index (χ0n) is 22.8. The van der Waals surface area contributed by atoms with Crippen molar-refractivity contribution in [2.45, 2.75) is 70.3 Å². The molecule has 206 valence electrons. The number of carbonyl (C=O) groups excluding carboxylic acids is 2. The van der Waals surface area contributed by atoms with Crippen LogP contribution in [0.25, 0.3) is 11.4 Å². The van der Waals surface area contributed by atoms with Crippen molar-refractivity contribution in [1.82, 2.24) is 35.7 Å². The molecule has 0 saturated carbocycles. The highest BCUT2D eigenvalue weighted by Crippen LogP contribution is 2.37. The number of ether oxygens (including phenoxy) is 1. The normalized spacial score (nSPS) is 25.6. The van der Waals surface area contributed by atoms with Gasteiger partial charge in [0.2, 0.25) is 11.7 Å². The molecule has 4 unspecified atom stereocenters. The summed E-state index contributed by atoms with van der Waals surface area (Å²) in [7, 11) is 0. The number of carbonyl (C=O) groups is 2. The van der Waals surface area contributed by atoms with Crippen molar-refractivity contribution in [2.75, 3.05) is 24.5 Å². The van der Waals surface area contributed by atoms with Gasteiger partial charge in [0.05, 0.1) is 24.2 Å². The SMILES string of the molecule is C=C(C(CN1C[C@@H]2CC1C(=O)N2c1cccc(-c2nn[nH]n2)c1)NC(=O)OC(C)(C)C)N1CC(C)CC1C#N. The van der Waals surface area contributed by atoms with Crippen LogP contribution in [0, 0.1) is 17.2 Å². The van der Waals surface area contributed by atoms with Crippen LogP contribution in [0.3, 0.4) is 0 Å². The minimum Gasteiger partial charge on any atom is -0.444 e. The number of alkyl carbamates (subject to hydrolysis) is 1. The van der Waals surface area contributed by atoms with E-state index in [1.165, 1.54) is 0 Å². The Morgan fingerprint density at radius 3 is 2.79 bits per heavy atom. The monoisotopic (exact) mass is 533 g/mol. The number of aromatic nitrogens is 4. The molecule has 12 nitrogen and oxygen atoms in total. The van der Waals surface area contributed by atoms with Crippen molar-refractivity contribution in [2.24, 2.45) is 5.92 Å². The van der Waals surface area contributed by atoms with Crippen LogP contribution >= 0.6 is 0 Å². The van der Waals surface area contributed by atoms with Crippen LogP contribution in [0.1, 0.15) is 40.5 Å². The minimum absolute atomic E-state index is 0.00266. The second-order valence-electron chi connectivity index (χ2n) is 11.7. The maximum Gasteiger partial charge on any atom is 0.408 e. The maximum absolute atomic E-state index is 13.6. The van der Waals surface area contributed by atoms with Gasteiger partial charge in [0, 0.05) is 36.6 Å². The molecule has 0 radical (unpaired) electrons. The lowest BCUT2D eigenvalue weighted by Crippen LogP contribution is -2.56. The van der Waals surface area contributed by atoms with Crippen LogP contribution in [0.5, 0.6) is 0 Å². The summed E-state index contributed by atoms with van der Waals surface area (Å²) in [5.74, 6) is 0.828. The van der Waals surface area contributed by atoms with Gasteiger partial charge < -0.3 is 19.9 Å². The first-order chi connectivity index (χ1) is 18.5. The van der Waals surface area contributed by atoms with Gasteiger partial charge in [-0.3, -0.25) is 9.69 Å². The number of nitrogens with one attached hydrogen (secondary N) is 2. The summed E-state index contributed by atoms with van der Waals surface area (Å²) in [4.78, 5) is 32.3. The molecule has 5 rings (SSSR count). The average molecular weight is 534 g/mol. The summed E-state index contributed by atoms with van der Waals surface area (Å²) in [6, 6.07) is 8.82. The molecule has 3 fully saturated rings. The van der Waals surface area contributed by atoms with E-state index in [9.17, 15) is 14.9 Å². The fourth-order valence-corrected chi connectivity index (χ4v) is 5.89. The van der Waals surface area contributed by atoms with E-state index in [0.717, 1.165) is 17.7 Å². The van der Waals surface area contributed by atoms with E-state index >= 15 is 0 Å². The number of nitriles is 1. The largest absolute Gasteiger partial charge is 0.444 e. The van der Waals surface area contributed by atoms with Crippen LogP contribution in [0.2, 0.25) is 0 Å². The average Bonchev–Trinajstić information content (AvgIpc) is 3.66. The Hall–Kier alpha value is -3.98. The van der Waals surface area contributed by atoms with Crippen LogP contribution < -0.4 is 10.2 Å². The Balaban J connectivity index is 1.32. The van der Waals surface area contributed by atoms with Gasteiger partial charge in [0.1, 0.15) is 11.6 Å². The third kappa shape index (κ3) is 5.45. The predicted molar refractivity (Wildman–Crippen MR) is 143 cm³/mol. The number of hydrogen-bond donors (Lipinski definition) is 2. The molecule has 1 aromatic carbocycles. The Labute approximate surface area is 228 Å². The molecule has 2 aromatic rings. The first kappa shape index (κ1) is 26.6. The van der Waals surface area contributed by atoms with Crippen LogP contribution in [0.15, 0.2) is 36.5 Å². The maximum atomic E-state index is 13.6. The van der Waals surface area contributed by atoms with Gasteiger partial charge in [-0.15, -0.1) is 10.2 Å². The molecule has 2 bridgehead atoms. The third-order valence-corrected chi connectivity index (χ3v) is 7.54. The van der Waals surface area contributed by atoms with E-state index in [-0.39, 0.29) is 24.0 Å². The van der Waals surface area contributed by atoms with Crippen molar-refractivity contribution < 1.29 is 14.3 Å². The molecule has 3 saturated heterocycles. The number of piperazine rings is 1. The molecular formula is C27H35N9O3. The molecule has 3 aliphatic heterocycles. The highest BCUT2D eigenvalue weighted by molar-refractivity contribution is 6.01. The van der Waals surface area contributed by atoms with Gasteiger partial charge in [-0.25, -0.2) is 4.79 Å². The zero-order valence-corrected chi connectivity index (χ0v) is 22.8. The molecule has 0 spiro atoms. The summed E-state index contributed by atoms with van der Waals surface area (Å²) in [6.07, 6.45) is 0.891. The summed E-state index contributed by atoms with van der Waals surface area (Å²) in [5.41, 5.74) is 1.58. The molecule has 2 N–H and O–H groups in total. The molecular weight excluding hydrogens is 498 g/mol. The van der Waals surface area contributed by atoms with Gasteiger partial charge in [-0.05, 0) is 56.9 Å². The standard InChI is InChI=1S/C27H35N9O3/c1-16-9-20(12-28)35(13-16)17(2)22(29-26(38)39-27(3,4)5)15-34-14-21-11-23(34)25(37)36(21)19-8-6-7-18(10-19)24-30-32-33-31-24/h6-8,10,16,20-23H,2,9,11,13-15H2,1,3-5H3,(H,29,38)(H,30,31,32,33)/t16?,20?,21-,22?,23?/m0/s1. The predicted octanol–water partition coefficient (Wildman–Crippen LogP) is 2.30. The van der Waals surface area contributed by atoms with Gasteiger partial charge in [-0.2, -0.15) is 10.5 Å². The number of H-pyrrole nitrogens is 1. The van der Waals surface area contributed by atoms with E-state index < -0.39 is 17.7 Å². The summed E-state index contributed by atoms with van der Waals surface area (Å²) in [6.45, 7) is 13.6. The van der Waals surface area contributed by atoms with E-state index in [4.69, 9.17) is 4.74 Å². The van der Waals surface area contributed by atoms with Crippen molar-refractivity contribution in [3.63, 3.8) is 0 Å². The second-order valence-corrected chi connectivity index (χ2v) is 11.7. The Morgan fingerprint density at radius 1 is 1.33 bits per heavy atom. The van der Waals surface area contributed by atoms with Gasteiger partial charge >= 0.3 is 6.09 Å². The number of nitrogens with zero attached hydrogens (tertiary/aromatic N) is 7. The van der Waals surface area contributed by atoms with E-state index in [2.05, 4.69) is 50.4 Å². The van der Waals surface area contributed by atoms with Crippen molar-refractivity contribution in [1.29, 1.82) is 5.26 Å². The fourth-order valence-electron chi connectivity index (χ4n) is 5.89. The molecule has 12 heteroatoms. The molecule has 2 amide bonds. The molecule has 5 atom stereocenters. The van der Waals surface area contributed by atoms with Gasteiger partial charge in [-0.1, -0.05) is 25.6 Å². The Kier molecular flexibility index (Phi) is 7.03. The number of aromatic amines is 1. The van der Waals surface area contributed by atoms with E-state index in [1.807, 2.05) is 54.8 Å². The fraction of sp³-hybridized carbons (Fsp3) is 0.556. The zero-order chi connectivity index (χ0) is 27.9. The number of benzene rings is 1. The number of rotatable bonds is 7. The molecule has 3 aliphatic rings. The number of likely N-dealkylation sites (tertiary alicyclic amines) is 2. The first-order valence-corrected chi connectivity index (χ1v) is 13.3. The topological polar surface area (TPSA) is 143 Å². The van der Waals surface area contributed by atoms with Crippen LogP contribution in [-0.2, 0) is 9.53 Å². The van der Waals surface area contributed by atoms with E-state index in [1.54, 1.807) is 0 Å². The van der Waals surface area contributed by atoms with Crippen molar-refractivity contribution >= 4 is 17.7 Å². The van der Waals surface area contributed by atoms with Crippen LogP contribution in [0.4, 0.5) is 10.5 Å².